The van der Waals surface area contributed by atoms with Gasteiger partial charge in [0.05, 0.1) is 5.60 Å². The average molecular weight is 293 g/mol. The van der Waals surface area contributed by atoms with Gasteiger partial charge in [0.25, 0.3) is 0 Å². The first-order valence-electron chi connectivity index (χ1n) is 7.38. The summed E-state index contributed by atoms with van der Waals surface area (Å²) in [6.07, 6.45) is 2.56. The van der Waals surface area contributed by atoms with Gasteiger partial charge in [-0.05, 0) is 44.9 Å². The Labute approximate surface area is 125 Å². The van der Waals surface area contributed by atoms with E-state index in [1.54, 1.807) is 24.3 Å². The number of carbonyl (C=O) groups is 1. The average Bonchev–Trinajstić information content (AvgIpc) is 2.60. The van der Waals surface area contributed by atoms with Gasteiger partial charge < -0.3 is 14.9 Å². The zero-order valence-electron chi connectivity index (χ0n) is 12.4. The highest BCUT2D eigenvalue weighted by Crippen LogP contribution is 2.21. The molecule has 116 valence electrons. The number of para-hydroxylation sites is 1. The Hall–Kier alpha value is -1.59. The molecule has 0 saturated carbocycles. The molecule has 0 aliphatic carbocycles. The summed E-state index contributed by atoms with van der Waals surface area (Å²) in [5, 5.41) is 19.1. The molecule has 21 heavy (non-hydrogen) atoms. The quantitative estimate of drug-likeness (QED) is 0.869. The number of aliphatic hydroxyl groups is 1. The number of rotatable bonds is 5. The van der Waals surface area contributed by atoms with Crippen LogP contribution in [-0.4, -0.2) is 52.9 Å². The summed E-state index contributed by atoms with van der Waals surface area (Å²) in [7, 11) is 0. The molecule has 1 heterocycles. The molecule has 1 aliphatic heterocycles. The molecule has 1 atom stereocenters. The first-order chi connectivity index (χ1) is 9.98. The molecule has 1 aromatic rings. The molecule has 1 aliphatic rings. The van der Waals surface area contributed by atoms with Gasteiger partial charge >= 0.3 is 5.97 Å². The van der Waals surface area contributed by atoms with Crippen LogP contribution < -0.4 is 4.74 Å². The SMILES string of the molecule is CC1(O)CCCN(CCOc2ccccc2C(=O)O)CC1. The number of ether oxygens (including phenoxy) is 1. The van der Waals surface area contributed by atoms with Crippen LogP contribution in [0.4, 0.5) is 0 Å². The highest BCUT2D eigenvalue weighted by Gasteiger charge is 2.24. The van der Waals surface area contributed by atoms with E-state index in [1.165, 1.54) is 0 Å². The third kappa shape index (κ3) is 4.72. The predicted octanol–water partition coefficient (Wildman–Crippen LogP) is 2.00. The number of benzene rings is 1. The fourth-order valence-corrected chi connectivity index (χ4v) is 2.60. The van der Waals surface area contributed by atoms with Crippen LogP contribution in [0.1, 0.15) is 36.5 Å². The van der Waals surface area contributed by atoms with Gasteiger partial charge in [0.15, 0.2) is 0 Å². The summed E-state index contributed by atoms with van der Waals surface area (Å²) >= 11 is 0. The molecule has 1 fully saturated rings. The maximum atomic E-state index is 11.1. The molecule has 1 aromatic carbocycles. The van der Waals surface area contributed by atoms with Crippen molar-refractivity contribution in [2.75, 3.05) is 26.2 Å². The molecule has 0 amide bonds. The van der Waals surface area contributed by atoms with Crippen molar-refractivity contribution in [2.45, 2.75) is 31.8 Å². The van der Waals surface area contributed by atoms with E-state index in [-0.39, 0.29) is 5.56 Å². The summed E-state index contributed by atoms with van der Waals surface area (Å²) < 4.78 is 5.61. The second-order valence-electron chi connectivity index (χ2n) is 5.84. The maximum Gasteiger partial charge on any atom is 0.339 e. The van der Waals surface area contributed by atoms with Crippen LogP contribution in [0.3, 0.4) is 0 Å². The third-order valence-corrected chi connectivity index (χ3v) is 3.94. The second-order valence-corrected chi connectivity index (χ2v) is 5.84. The van der Waals surface area contributed by atoms with Crippen LogP contribution in [0.25, 0.3) is 0 Å². The zero-order valence-corrected chi connectivity index (χ0v) is 12.4. The number of carboxylic acid groups (broad SMARTS) is 1. The first-order valence-corrected chi connectivity index (χ1v) is 7.38. The molecule has 0 radical (unpaired) electrons. The minimum absolute atomic E-state index is 0.191. The summed E-state index contributed by atoms with van der Waals surface area (Å²) in [5.74, 6) is -0.566. The number of aromatic carboxylic acids is 1. The highest BCUT2D eigenvalue weighted by molar-refractivity contribution is 5.90. The van der Waals surface area contributed by atoms with Crippen molar-refractivity contribution in [1.29, 1.82) is 0 Å². The normalized spacial score (nSPS) is 23.5. The number of carboxylic acids is 1. The van der Waals surface area contributed by atoms with Gasteiger partial charge in [-0.2, -0.15) is 0 Å². The van der Waals surface area contributed by atoms with Crippen molar-refractivity contribution in [2.24, 2.45) is 0 Å². The fraction of sp³-hybridized carbons (Fsp3) is 0.562. The van der Waals surface area contributed by atoms with Gasteiger partial charge in [0.1, 0.15) is 17.9 Å². The molecular weight excluding hydrogens is 270 g/mol. The molecule has 5 nitrogen and oxygen atoms in total. The lowest BCUT2D eigenvalue weighted by Gasteiger charge is -2.22. The van der Waals surface area contributed by atoms with E-state index >= 15 is 0 Å². The van der Waals surface area contributed by atoms with Crippen molar-refractivity contribution in [3.63, 3.8) is 0 Å². The first kappa shape index (κ1) is 15.8. The molecule has 2 N–H and O–H groups in total. The Morgan fingerprint density at radius 1 is 1.33 bits per heavy atom. The van der Waals surface area contributed by atoms with Crippen LogP contribution in [0, 0.1) is 0 Å². The minimum atomic E-state index is -0.976. The van der Waals surface area contributed by atoms with Gasteiger partial charge in [0.2, 0.25) is 0 Å². The van der Waals surface area contributed by atoms with Crippen molar-refractivity contribution in [3.05, 3.63) is 29.8 Å². The van der Waals surface area contributed by atoms with E-state index in [0.29, 0.717) is 12.4 Å². The van der Waals surface area contributed by atoms with E-state index < -0.39 is 11.6 Å². The Balaban J connectivity index is 1.83. The van der Waals surface area contributed by atoms with E-state index in [2.05, 4.69) is 4.90 Å². The molecule has 1 saturated heterocycles. The van der Waals surface area contributed by atoms with Gasteiger partial charge in [-0.3, -0.25) is 4.90 Å². The lowest BCUT2D eigenvalue weighted by Crippen LogP contribution is -2.31. The van der Waals surface area contributed by atoms with Gasteiger partial charge in [0, 0.05) is 13.1 Å². The fourth-order valence-electron chi connectivity index (χ4n) is 2.60. The van der Waals surface area contributed by atoms with Gasteiger partial charge in [-0.25, -0.2) is 4.79 Å². The largest absolute Gasteiger partial charge is 0.491 e. The number of nitrogens with zero attached hydrogens (tertiary/aromatic N) is 1. The molecule has 0 aromatic heterocycles. The van der Waals surface area contributed by atoms with E-state index in [4.69, 9.17) is 9.84 Å². The molecule has 5 heteroatoms. The Bertz CT molecular complexity index is 487. The number of hydrogen-bond acceptors (Lipinski definition) is 4. The summed E-state index contributed by atoms with van der Waals surface area (Å²) in [4.78, 5) is 13.3. The summed E-state index contributed by atoms with van der Waals surface area (Å²) in [6, 6.07) is 6.68. The van der Waals surface area contributed by atoms with Crippen molar-refractivity contribution in [3.8, 4) is 5.75 Å². The lowest BCUT2D eigenvalue weighted by atomic mass is 9.98. The van der Waals surface area contributed by atoms with Crippen LogP contribution >= 0.6 is 0 Å². The zero-order chi connectivity index (χ0) is 15.3. The monoisotopic (exact) mass is 293 g/mol. The molecule has 0 spiro atoms. The minimum Gasteiger partial charge on any atom is -0.491 e. The molecule has 1 unspecified atom stereocenters. The Morgan fingerprint density at radius 3 is 2.86 bits per heavy atom. The molecule has 0 bridgehead atoms. The molecular formula is C16H23NO4. The smallest absolute Gasteiger partial charge is 0.339 e. The predicted molar refractivity (Wildman–Crippen MR) is 79.8 cm³/mol. The topological polar surface area (TPSA) is 70.0 Å². The second kappa shape index (κ2) is 6.91. The Kier molecular flexibility index (Phi) is 5.20. The molecule has 2 rings (SSSR count). The lowest BCUT2D eigenvalue weighted by molar-refractivity contribution is 0.0441. The summed E-state index contributed by atoms with van der Waals surface area (Å²) in [5.41, 5.74) is -0.373. The highest BCUT2D eigenvalue weighted by atomic mass is 16.5. The van der Waals surface area contributed by atoms with Crippen molar-refractivity contribution >= 4 is 5.97 Å². The van der Waals surface area contributed by atoms with E-state index in [1.807, 2.05) is 6.92 Å². The standard InChI is InChI=1S/C16H23NO4/c1-16(20)7-4-9-17(10-8-16)11-12-21-14-6-3-2-5-13(14)15(18)19/h2-3,5-6,20H,4,7-12H2,1H3,(H,18,19). The van der Waals surface area contributed by atoms with E-state index in [9.17, 15) is 9.90 Å². The van der Waals surface area contributed by atoms with E-state index in [0.717, 1.165) is 38.9 Å². The van der Waals surface area contributed by atoms with Crippen molar-refractivity contribution < 1.29 is 19.7 Å². The number of likely N-dealkylation sites (tertiary alicyclic amines) is 1. The van der Waals surface area contributed by atoms with Crippen LogP contribution in [0.5, 0.6) is 5.75 Å². The summed E-state index contributed by atoms with van der Waals surface area (Å²) in [6.45, 7) is 4.86. The Morgan fingerprint density at radius 2 is 2.10 bits per heavy atom. The third-order valence-electron chi connectivity index (χ3n) is 3.94. The van der Waals surface area contributed by atoms with Crippen LogP contribution in [0.15, 0.2) is 24.3 Å². The van der Waals surface area contributed by atoms with Gasteiger partial charge in [-0.1, -0.05) is 12.1 Å². The van der Waals surface area contributed by atoms with Crippen LogP contribution in [0.2, 0.25) is 0 Å². The maximum absolute atomic E-state index is 11.1. The van der Waals surface area contributed by atoms with Crippen molar-refractivity contribution in [1.82, 2.24) is 4.90 Å². The van der Waals surface area contributed by atoms with Crippen LogP contribution in [-0.2, 0) is 0 Å². The van der Waals surface area contributed by atoms with Gasteiger partial charge in [-0.15, -0.1) is 0 Å². The number of hydrogen-bond donors (Lipinski definition) is 2.